The molecule has 4 heteroatoms. The summed E-state index contributed by atoms with van der Waals surface area (Å²) in [4.78, 5) is 12.1. The molecule has 3 aromatic rings. The summed E-state index contributed by atoms with van der Waals surface area (Å²) in [6.07, 6.45) is -0.457. The zero-order valence-electron chi connectivity index (χ0n) is 11.4. The number of para-hydroxylation sites is 1. The molecule has 1 atom stereocenters. The van der Waals surface area contributed by atoms with Crippen molar-refractivity contribution in [1.29, 1.82) is 0 Å². The third-order valence-electron chi connectivity index (χ3n) is 3.97. The molecule has 1 amide bonds. The SMILES string of the molecule is NC1NC(=O)Cn2c(-c3ccccc3)cc3cccc1c32. The van der Waals surface area contributed by atoms with Gasteiger partial charge < -0.3 is 15.6 Å². The number of carbonyl (C=O) groups excluding carboxylic acids is 1. The fourth-order valence-corrected chi connectivity index (χ4v) is 3.06. The van der Waals surface area contributed by atoms with Gasteiger partial charge in [0.25, 0.3) is 0 Å². The summed E-state index contributed by atoms with van der Waals surface area (Å²) in [5.74, 6) is -0.0617. The quantitative estimate of drug-likeness (QED) is 0.717. The fourth-order valence-electron chi connectivity index (χ4n) is 3.06. The summed E-state index contributed by atoms with van der Waals surface area (Å²) < 4.78 is 2.06. The van der Waals surface area contributed by atoms with E-state index in [0.717, 1.165) is 27.7 Å². The monoisotopic (exact) mass is 277 g/mol. The Hall–Kier alpha value is -2.59. The Morgan fingerprint density at radius 3 is 2.71 bits per heavy atom. The number of amides is 1. The highest BCUT2D eigenvalue weighted by atomic mass is 16.2. The molecule has 0 saturated heterocycles. The van der Waals surface area contributed by atoms with Crippen molar-refractivity contribution in [2.75, 3.05) is 0 Å². The van der Waals surface area contributed by atoms with Crippen LogP contribution < -0.4 is 11.1 Å². The van der Waals surface area contributed by atoms with Crippen LogP contribution in [0.3, 0.4) is 0 Å². The van der Waals surface area contributed by atoms with Crippen molar-refractivity contribution in [2.24, 2.45) is 5.73 Å². The molecule has 0 aliphatic carbocycles. The van der Waals surface area contributed by atoms with Crippen LogP contribution in [0.1, 0.15) is 11.7 Å². The van der Waals surface area contributed by atoms with Gasteiger partial charge in [0.2, 0.25) is 5.91 Å². The van der Waals surface area contributed by atoms with Crippen LogP contribution in [-0.4, -0.2) is 10.5 Å². The molecular weight excluding hydrogens is 262 g/mol. The van der Waals surface area contributed by atoms with Gasteiger partial charge in [-0.3, -0.25) is 4.79 Å². The lowest BCUT2D eigenvalue weighted by atomic mass is 10.1. The van der Waals surface area contributed by atoms with Gasteiger partial charge in [0.15, 0.2) is 0 Å². The highest BCUT2D eigenvalue weighted by Gasteiger charge is 2.23. The number of nitrogens with one attached hydrogen (secondary N) is 1. The first-order valence-corrected chi connectivity index (χ1v) is 6.96. The molecular formula is C17H15N3O. The molecule has 1 aliphatic heterocycles. The zero-order chi connectivity index (χ0) is 14.4. The van der Waals surface area contributed by atoms with Gasteiger partial charge in [-0.05, 0) is 11.6 Å². The molecule has 0 fully saturated rings. The molecule has 3 N–H and O–H groups in total. The number of rotatable bonds is 1. The first-order chi connectivity index (χ1) is 10.2. The Kier molecular flexibility index (Phi) is 2.59. The van der Waals surface area contributed by atoms with Gasteiger partial charge in [0.05, 0.1) is 5.52 Å². The molecule has 2 heterocycles. The number of carbonyl (C=O) groups is 1. The maximum absolute atomic E-state index is 12.1. The lowest BCUT2D eigenvalue weighted by Gasteiger charge is -2.11. The van der Waals surface area contributed by atoms with Crippen molar-refractivity contribution in [1.82, 2.24) is 9.88 Å². The minimum atomic E-state index is -0.457. The first kappa shape index (κ1) is 12.2. The highest BCUT2D eigenvalue weighted by Crippen LogP contribution is 2.32. The van der Waals surface area contributed by atoms with E-state index in [1.54, 1.807) is 0 Å². The van der Waals surface area contributed by atoms with Gasteiger partial charge in [-0.1, -0.05) is 48.5 Å². The van der Waals surface area contributed by atoms with Gasteiger partial charge in [-0.15, -0.1) is 0 Å². The van der Waals surface area contributed by atoms with E-state index in [1.807, 2.05) is 30.3 Å². The van der Waals surface area contributed by atoms with Gasteiger partial charge in [-0.2, -0.15) is 0 Å². The summed E-state index contributed by atoms with van der Waals surface area (Å²) >= 11 is 0. The molecule has 1 aliphatic rings. The van der Waals surface area contributed by atoms with E-state index in [0.29, 0.717) is 6.54 Å². The summed E-state index contributed by atoms with van der Waals surface area (Å²) in [6.45, 7) is 0.290. The summed E-state index contributed by atoms with van der Waals surface area (Å²) in [7, 11) is 0. The predicted molar refractivity (Wildman–Crippen MR) is 82.4 cm³/mol. The Bertz CT molecular complexity index is 836. The lowest BCUT2D eigenvalue weighted by Crippen LogP contribution is -2.34. The third-order valence-corrected chi connectivity index (χ3v) is 3.97. The van der Waals surface area contributed by atoms with Crippen LogP contribution >= 0.6 is 0 Å². The third kappa shape index (κ3) is 1.84. The number of nitrogens with zero attached hydrogens (tertiary/aromatic N) is 1. The standard InChI is InChI=1S/C17H15N3O/c18-17-13-8-4-7-12-9-14(11-5-2-1-3-6-11)20(16(12)13)10-15(21)19-17/h1-9,17H,10,18H2,(H,19,21). The van der Waals surface area contributed by atoms with Crippen molar-refractivity contribution < 1.29 is 4.79 Å². The van der Waals surface area contributed by atoms with E-state index in [2.05, 4.69) is 34.1 Å². The second kappa shape index (κ2) is 4.46. The second-order valence-corrected chi connectivity index (χ2v) is 5.31. The first-order valence-electron chi connectivity index (χ1n) is 6.96. The van der Waals surface area contributed by atoms with Crippen LogP contribution in [0.25, 0.3) is 22.2 Å². The van der Waals surface area contributed by atoms with Crippen molar-refractivity contribution in [3.05, 3.63) is 60.2 Å². The largest absolute Gasteiger partial charge is 0.335 e. The maximum atomic E-state index is 12.1. The Morgan fingerprint density at radius 2 is 1.90 bits per heavy atom. The molecule has 0 radical (unpaired) electrons. The highest BCUT2D eigenvalue weighted by molar-refractivity contribution is 5.93. The van der Waals surface area contributed by atoms with E-state index in [1.165, 1.54) is 0 Å². The van der Waals surface area contributed by atoms with E-state index < -0.39 is 6.17 Å². The van der Waals surface area contributed by atoms with E-state index in [4.69, 9.17) is 5.73 Å². The smallest absolute Gasteiger partial charge is 0.241 e. The summed E-state index contributed by atoms with van der Waals surface area (Å²) in [6, 6.07) is 18.2. The topological polar surface area (TPSA) is 60.0 Å². The molecule has 0 bridgehead atoms. The van der Waals surface area contributed by atoms with Crippen LogP contribution in [-0.2, 0) is 11.3 Å². The van der Waals surface area contributed by atoms with Crippen LogP contribution in [0.2, 0.25) is 0 Å². The minimum Gasteiger partial charge on any atom is -0.335 e. The number of benzene rings is 2. The summed E-state index contributed by atoms with van der Waals surface area (Å²) in [5, 5.41) is 3.94. The van der Waals surface area contributed by atoms with Crippen molar-refractivity contribution in [3.63, 3.8) is 0 Å². The van der Waals surface area contributed by atoms with Crippen molar-refractivity contribution in [2.45, 2.75) is 12.7 Å². The Balaban J connectivity index is 2.06. The maximum Gasteiger partial charge on any atom is 0.241 e. The van der Waals surface area contributed by atoms with Gasteiger partial charge in [0, 0.05) is 16.6 Å². The number of hydrogen-bond acceptors (Lipinski definition) is 2. The minimum absolute atomic E-state index is 0.0617. The molecule has 1 aromatic heterocycles. The fraction of sp³-hybridized carbons (Fsp3) is 0.118. The molecule has 1 unspecified atom stereocenters. The Labute approximate surface area is 122 Å². The molecule has 104 valence electrons. The van der Waals surface area contributed by atoms with Crippen molar-refractivity contribution in [3.8, 4) is 11.3 Å². The average Bonchev–Trinajstić information content (AvgIpc) is 2.80. The molecule has 2 aromatic carbocycles. The zero-order valence-corrected chi connectivity index (χ0v) is 11.4. The van der Waals surface area contributed by atoms with Crippen LogP contribution in [0.15, 0.2) is 54.6 Å². The molecule has 21 heavy (non-hydrogen) atoms. The second-order valence-electron chi connectivity index (χ2n) is 5.31. The van der Waals surface area contributed by atoms with E-state index in [-0.39, 0.29) is 5.91 Å². The van der Waals surface area contributed by atoms with Crippen molar-refractivity contribution >= 4 is 16.8 Å². The molecule has 0 spiro atoms. The number of hydrogen-bond donors (Lipinski definition) is 2. The molecule has 4 rings (SSSR count). The van der Waals surface area contributed by atoms with E-state index in [9.17, 15) is 4.79 Å². The number of aromatic nitrogens is 1. The Morgan fingerprint density at radius 1 is 1.10 bits per heavy atom. The van der Waals surface area contributed by atoms with Gasteiger partial charge in [0.1, 0.15) is 12.7 Å². The van der Waals surface area contributed by atoms with Crippen LogP contribution in [0.5, 0.6) is 0 Å². The average molecular weight is 277 g/mol. The van der Waals surface area contributed by atoms with Gasteiger partial charge >= 0.3 is 0 Å². The molecule has 0 saturated carbocycles. The normalized spacial score (nSPS) is 17.6. The van der Waals surface area contributed by atoms with Crippen LogP contribution in [0, 0.1) is 0 Å². The number of nitrogens with two attached hydrogens (primary N) is 1. The van der Waals surface area contributed by atoms with E-state index >= 15 is 0 Å². The molecule has 4 nitrogen and oxygen atoms in total. The predicted octanol–water partition coefficient (Wildman–Crippen LogP) is 2.40. The van der Waals surface area contributed by atoms with Crippen LogP contribution in [0.4, 0.5) is 0 Å². The lowest BCUT2D eigenvalue weighted by molar-refractivity contribution is -0.122. The summed E-state index contributed by atoms with van der Waals surface area (Å²) in [5.41, 5.74) is 10.2. The van der Waals surface area contributed by atoms with Gasteiger partial charge in [-0.25, -0.2) is 0 Å².